The molecule has 1 saturated heterocycles. The second-order valence-electron chi connectivity index (χ2n) is 2.16. The summed E-state index contributed by atoms with van der Waals surface area (Å²) in [4.78, 5) is 21.5. The van der Waals surface area contributed by atoms with Crippen molar-refractivity contribution in [3.8, 4) is 0 Å². The molecule has 1 rings (SSSR count). The van der Waals surface area contributed by atoms with Crippen molar-refractivity contribution in [2.75, 3.05) is 20.3 Å². The van der Waals surface area contributed by atoms with Crippen LogP contribution in [0.5, 0.6) is 0 Å². The van der Waals surface area contributed by atoms with E-state index in [4.69, 9.17) is 14.6 Å². The van der Waals surface area contributed by atoms with E-state index in [0.717, 1.165) is 7.11 Å². The van der Waals surface area contributed by atoms with Gasteiger partial charge in [0.1, 0.15) is 13.2 Å². The van der Waals surface area contributed by atoms with E-state index in [-0.39, 0.29) is 19.2 Å². The second kappa shape index (κ2) is 3.79. The average molecular weight is 188 g/mol. The Balaban J connectivity index is 2.96. The Labute approximate surface area is 73.7 Å². The van der Waals surface area contributed by atoms with E-state index >= 15 is 0 Å². The second-order valence-corrected chi connectivity index (χ2v) is 2.16. The maximum Gasteiger partial charge on any atom is 0.352 e. The lowest BCUT2D eigenvalue weighted by molar-refractivity contribution is -0.143. The molecule has 1 aliphatic heterocycles. The maximum absolute atomic E-state index is 10.9. The largest absolute Gasteiger partial charge is 0.477 e. The summed E-state index contributed by atoms with van der Waals surface area (Å²) in [5.41, 5.74) is -0.611. The summed E-state index contributed by atoms with van der Waals surface area (Å²) >= 11 is 0. The minimum Gasteiger partial charge on any atom is -0.477 e. The Morgan fingerprint density at radius 3 is 2.31 bits per heavy atom. The van der Waals surface area contributed by atoms with Crippen LogP contribution in [0, 0.1) is 0 Å². The Hall–Kier alpha value is -1.72. The first-order valence-electron chi connectivity index (χ1n) is 3.48. The smallest absolute Gasteiger partial charge is 0.352 e. The number of methoxy groups -OCH3 is 1. The van der Waals surface area contributed by atoms with Crippen LogP contribution in [0.4, 0.5) is 0 Å². The van der Waals surface area contributed by atoms with Gasteiger partial charge in [-0.15, -0.1) is 0 Å². The van der Waals surface area contributed by atoms with Crippen LogP contribution < -0.4 is 0 Å². The molecule has 0 amide bonds. The number of ether oxygens (including phenoxy) is 3. The molecule has 0 aromatic carbocycles. The van der Waals surface area contributed by atoms with Gasteiger partial charge in [0.15, 0.2) is 0 Å². The minimum absolute atomic E-state index is 0.239. The van der Waals surface area contributed by atoms with Crippen molar-refractivity contribution >= 4 is 11.9 Å². The summed E-state index contributed by atoms with van der Waals surface area (Å²) in [5, 5.41) is 8.62. The average Bonchev–Trinajstić information content (AvgIpc) is 2.56. The summed E-state index contributed by atoms with van der Waals surface area (Å²) in [6, 6.07) is 0. The quantitative estimate of drug-likeness (QED) is 0.272. The molecule has 6 nitrogen and oxygen atoms in total. The maximum atomic E-state index is 10.9. The molecule has 0 aromatic heterocycles. The number of carboxylic acid groups (broad SMARTS) is 1. The van der Waals surface area contributed by atoms with Gasteiger partial charge in [-0.25, -0.2) is 9.59 Å². The topological polar surface area (TPSA) is 82.1 Å². The Morgan fingerprint density at radius 2 is 1.92 bits per heavy atom. The monoisotopic (exact) mass is 188 g/mol. The number of rotatable bonds is 2. The highest BCUT2D eigenvalue weighted by Gasteiger charge is 2.29. The molecule has 1 fully saturated rings. The molecular weight excluding hydrogens is 180 g/mol. The third-order valence-corrected chi connectivity index (χ3v) is 1.36. The van der Waals surface area contributed by atoms with E-state index in [1.165, 1.54) is 0 Å². The molecule has 0 aliphatic carbocycles. The molecule has 0 saturated carbocycles. The first kappa shape index (κ1) is 9.37. The van der Waals surface area contributed by atoms with Gasteiger partial charge in [0.05, 0.1) is 7.11 Å². The van der Waals surface area contributed by atoms with Crippen LogP contribution >= 0.6 is 0 Å². The van der Waals surface area contributed by atoms with Gasteiger partial charge in [0.25, 0.3) is 0 Å². The van der Waals surface area contributed by atoms with Gasteiger partial charge in [0, 0.05) is 0 Å². The molecular formula is C7H8O6. The standard InChI is InChI=1S/C7H8O6/c1-11-6(10)4(5(8)9)7-12-2-3-13-7/h2-3H2,1H3,(H,8,9). The van der Waals surface area contributed by atoms with Crippen molar-refractivity contribution in [2.45, 2.75) is 0 Å². The highest BCUT2D eigenvalue weighted by atomic mass is 16.7. The molecule has 0 spiro atoms. The number of carboxylic acids is 1. The zero-order valence-corrected chi connectivity index (χ0v) is 6.90. The molecule has 0 bridgehead atoms. The van der Waals surface area contributed by atoms with Crippen molar-refractivity contribution in [2.24, 2.45) is 0 Å². The molecule has 6 heteroatoms. The fourth-order valence-electron chi connectivity index (χ4n) is 0.815. The summed E-state index contributed by atoms with van der Waals surface area (Å²) in [7, 11) is 1.08. The molecule has 1 aliphatic rings. The third-order valence-electron chi connectivity index (χ3n) is 1.36. The summed E-state index contributed by atoms with van der Waals surface area (Å²) in [5.74, 6) is -2.69. The lowest BCUT2D eigenvalue weighted by Gasteiger charge is -2.02. The van der Waals surface area contributed by atoms with Gasteiger partial charge in [-0.1, -0.05) is 0 Å². The first-order chi connectivity index (χ1) is 6.16. The van der Waals surface area contributed by atoms with Gasteiger partial charge in [-0.2, -0.15) is 0 Å². The number of carbonyl (C=O) groups excluding carboxylic acids is 1. The zero-order chi connectivity index (χ0) is 9.84. The summed E-state index contributed by atoms with van der Waals surface area (Å²) in [6.07, 6.45) is 0. The van der Waals surface area contributed by atoms with Crippen molar-refractivity contribution in [1.82, 2.24) is 0 Å². The predicted molar refractivity (Wildman–Crippen MR) is 38.6 cm³/mol. The van der Waals surface area contributed by atoms with Gasteiger partial charge in [0.2, 0.25) is 5.57 Å². The van der Waals surface area contributed by atoms with Crippen LogP contribution in [0.3, 0.4) is 0 Å². The normalized spacial score (nSPS) is 14.4. The van der Waals surface area contributed by atoms with Crippen molar-refractivity contribution < 1.29 is 28.9 Å². The predicted octanol–water partition coefficient (Wildman–Crippen LogP) is -0.498. The third kappa shape index (κ3) is 1.90. The van der Waals surface area contributed by atoms with Gasteiger partial charge in [-0.05, 0) is 0 Å². The fraction of sp³-hybridized carbons (Fsp3) is 0.429. The van der Waals surface area contributed by atoms with E-state index in [9.17, 15) is 9.59 Å². The number of hydrogen-bond donors (Lipinski definition) is 1. The van der Waals surface area contributed by atoms with Crippen LogP contribution in [-0.4, -0.2) is 37.4 Å². The van der Waals surface area contributed by atoms with Crippen LogP contribution in [-0.2, 0) is 23.8 Å². The fourth-order valence-corrected chi connectivity index (χ4v) is 0.815. The minimum atomic E-state index is -1.43. The lowest BCUT2D eigenvalue weighted by Crippen LogP contribution is -2.16. The van der Waals surface area contributed by atoms with E-state index < -0.39 is 17.5 Å². The molecule has 0 unspecified atom stereocenters. The summed E-state index contributed by atoms with van der Waals surface area (Å²) < 4.78 is 13.8. The van der Waals surface area contributed by atoms with Gasteiger partial charge >= 0.3 is 17.9 Å². The zero-order valence-electron chi connectivity index (χ0n) is 6.90. The van der Waals surface area contributed by atoms with E-state index in [1.54, 1.807) is 0 Å². The number of hydrogen-bond acceptors (Lipinski definition) is 5. The van der Waals surface area contributed by atoms with Crippen LogP contribution in [0.2, 0.25) is 0 Å². The molecule has 13 heavy (non-hydrogen) atoms. The first-order valence-corrected chi connectivity index (χ1v) is 3.48. The highest BCUT2D eigenvalue weighted by Crippen LogP contribution is 2.15. The Kier molecular flexibility index (Phi) is 2.73. The van der Waals surface area contributed by atoms with Gasteiger partial charge < -0.3 is 19.3 Å². The Bertz CT molecular complexity index is 258. The van der Waals surface area contributed by atoms with E-state index in [0.29, 0.717) is 0 Å². The molecule has 0 atom stereocenters. The summed E-state index contributed by atoms with van der Waals surface area (Å²) in [6.45, 7) is 0.478. The molecule has 1 heterocycles. The van der Waals surface area contributed by atoms with Crippen LogP contribution in [0.25, 0.3) is 0 Å². The van der Waals surface area contributed by atoms with Crippen molar-refractivity contribution in [1.29, 1.82) is 0 Å². The van der Waals surface area contributed by atoms with E-state index in [1.807, 2.05) is 0 Å². The number of aliphatic carboxylic acids is 1. The van der Waals surface area contributed by atoms with Crippen LogP contribution in [0.15, 0.2) is 11.5 Å². The lowest BCUT2D eigenvalue weighted by atomic mass is 10.3. The number of carbonyl (C=O) groups is 2. The molecule has 0 radical (unpaired) electrons. The van der Waals surface area contributed by atoms with Gasteiger partial charge in [-0.3, -0.25) is 0 Å². The number of esters is 1. The van der Waals surface area contributed by atoms with Crippen molar-refractivity contribution in [3.63, 3.8) is 0 Å². The van der Waals surface area contributed by atoms with Crippen LogP contribution in [0.1, 0.15) is 0 Å². The molecule has 72 valence electrons. The highest BCUT2D eigenvalue weighted by molar-refractivity contribution is 6.13. The molecule has 1 N–H and O–H groups in total. The SMILES string of the molecule is COC(=O)C(C(=O)O)=C1OCCO1. The molecule has 0 aromatic rings. The Morgan fingerprint density at radius 1 is 1.38 bits per heavy atom. The van der Waals surface area contributed by atoms with E-state index in [2.05, 4.69) is 4.74 Å². The van der Waals surface area contributed by atoms with Crippen molar-refractivity contribution in [3.05, 3.63) is 11.5 Å².